The fourth-order valence-corrected chi connectivity index (χ4v) is 4.03. The lowest BCUT2D eigenvalue weighted by molar-refractivity contribution is 0.122. The van der Waals surface area contributed by atoms with Crippen LogP contribution < -0.4 is 15.1 Å². The number of hydrogen-bond acceptors (Lipinski definition) is 4. The quantitative estimate of drug-likeness (QED) is 0.866. The van der Waals surface area contributed by atoms with E-state index in [1.54, 1.807) is 0 Å². The number of carbonyl (C=O) groups is 1. The number of aryl methyl sites for hydroxylation is 1. The molecule has 0 radical (unpaired) electrons. The molecule has 0 unspecified atom stereocenters. The van der Waals surface area contributed by atoms with Gasteiger partial charge in [-0.15, -0.1) is 0 Å². The lowest BCUT2D eigenvalue weighted by atomic mass is 10.1. The Balaban J connectivity index is 1.40. The summed E-state index contributed by atoms with van der Waals surface area (Å²) in [6, 6.07) is 14.6. The lowest BCUT2D eigenvalue weighted by Crippen LogP contribution is -2.50. The van der Waals surface area contributed by atoms with E-state index in [1.807, 2.05) is 24.0 Å². The fourth-order valence-electron chi connectivity index (χ4n) is 4.03. The van der Waals surface area contributed by atoms with Crippen LogP contribution in [0.2, 0.25) is 0 Å². The molecule has 6 nitrogen and oxygen atoms in total. The van der Waals surface area contributed by atoms with Crippen molar-refractivity contribution in [3.8, 4) is 0 Å². The number of benzene rings is 2. The molecule has 2 amide bonds. The Bertz CT molecular complexity index is 856. The first kappa shape index (κ1) is 19.6. The molecule has 2 fully saturated rings. The average molecular weight is 395 g/mol. The number of hydrogen-bond donors (Lipinski definition) is 1. The molecule has 0 saturated carbocycles. The summed E-state index contributed by atoms with van der Waals surface area (Å²) in [5.74, 6) is 0. The van der Waals surface area contributed by atoms with Gasteiger partial charge in [0.15, 0.2) is 0 Å². The van der Waals surface area contributed by atoms with E-state index in [1.165, 1.54) is 16.9 Å². The normalized spacial score (nSPS) is 17.4. The molecule has 0 aromatic heterocycles. The van der Waals surface area contributed by atoms with Crippen molar-refractivity contribution in [3.05, 3.63) is 53.6 Å². The topological polar surface area (TPSA) is 48.1 Å². The van der Waals surface area contributed by atoms with Crippen molar-refractivity contribution >= 4 is 23.1 Å². The highest BCUT2D eigenvalue weighted by atomic mass is 16.5. The molecule has 2 aliphatic rings. The van der Waals surface area contributed by atoms with Crippen LogP contribution in [0.1, 0.15) is 11.1 Å². The van der Waals surface area contributed by atoms with Gasteiger partial charge < -0.3 is 24.8 Å². The summed E-state index contributed by atoms with van der Waals surface area (Å²) in [5, 5.41) is 3.08. The van der Waals surface area contributed by atoms with Crippen LogP contribution in [0.4, 0.5) is 21.9 Å². The molecule has 4 rings (SSSR count). The van der Waals surface area contributed by atoms with Crippen LogP contribution in [0.3, 0.4) is 0 Å². The van der Waals surface area contributed by atoms with Crippen molar-refractivity contribution in [2.75, 3.05) is 67.6 Å². The van der Waals surface area contributed by atoms with Crippen LogP contribution in [-0.4, -0.2) is 63.4 Å². The summed E-state index contributed by atoms with van der Waals surface area (Å²) in [4.78, 5) is 19.5. The van der Waals surface area contributed by atoms with E-state index >= 15 is 0 Å². The minimum absolute atomic E-state index is 0.0141. The molecule has 2 saturated heterocycles. The van der Waals surface area contributed by atoms with Crippen LogP contribution in [-0.2, 0) is 4.74 Å². The molecule has 2 aliphatic heterocycles. The Morgan fingerprint density at radius 2 is 1.45 bits per heavy atom. The highest BCUT2D eigenvalue weighted by Gasteiger charge is 2.24. The summed E-state index contributed by atoms with van der Waals surface area (Å²) in [6.45, 7) is 10.6. The largest absolute Gasteiger partial charge is 0.378 e. The Morgan fingerprint density at radius 3 is 2.10 bits per heavy atom. The van der Waals surface area contributed by atoms with Crippen molar-refractivity contribution in [3.63, 3.8) is 0 Å². The lowest BCUT2D eigenvalue weighted by Gasteiger charge is -2.39. The van der Waals surface area contributed by atoms with Crippen molar-refractivity contribution in [1.82, 2.24) is 4.90 Å². The molecule has 2 aromatic rings. The second-order valence-corrected chi connectivity index (χ2v) is 7.74. The number of nitrogens with zero attached hydrogens (tertiary/aromatic N) is 3. The number of carbonyl (C=O) groups excluding carboxylic acids is 1. The molecule has 0 aliphatic carbocycles. The third-order valence-corrected chi connectivity index (χ3v) is 5.99. The van der Waals surface area contributed by atoms with Crippen LogP contribution in [0.15, 0.2) is 42.5 Å². The van der Waals surface area contributed by atoms with E-state index < -0.39 is 0 Å². The molecule has 6 heteroatoms. The summed E-state index contributed by atoms with van der Waals surface area (Å²) in [7, 11) is 0. The summed E-state index contributed by atoms with van der Waals surface area (Å²) in [6.07, 6.45) is 0. The second kappa shape index (κ2) is 8.74. The predicted octanol–water partition coefficient (Wildman–Crippen LogP) is 3.49. The Hall–Kier alpha value is -2.73. The highest BCUT2D eigenvalue weighted by Crippen LogP contribution is 2.30. The van der Waals surface area contributed by atoms with Gasteiger partial charge in [0.05, 0.1) is 24.6 Å². The fraction of sp³-hybridized carbons (Fsp3) is 0.435. The van der Waals surface area contributed by atoms with Crippen molar-refractivity contribution in [2.45, 2.75) is 13.8 Å². The molecule has 0 spiro atoms. The molecular formula is C23H30N4O2. The van der Waals surface area contributed by atoms with Gasteiger partial charge in [0.25, 0.3) is 0 Å². The molecule has 154 valence electrons. The molecule has 2 aromatic carbocycles. The standard InChI is InChI=1S/C23H30N4O2/c1-18-6-5-7-20(19(18)2)24-23(28)27-12-10-25(11-13-27)21-8-3-4-9-22(21)26-14-16-29-17-15-26/h3-9H,10-17H2,1-2H3,(H,24,28). The van der Waals surface area contributed by atoms with Gasteiger partial charge >= 0.3 is 6.03 Å². The maximum absolute atomic E-state index is 12.8. The van der Waals surface area contributed by atoms with Crippen molar-refractivity contribution in [2.24, 2.45) is 0 Å². The van der Waals surface area contributed by atoms with Gasteiger partial charge in [0.2, 0.25) is 0 Å². The van der Waals surface area contributed by atoms with Gasteiger partial charge in [0, 0.05) is 45.0 Å². The van der Waals surface area contributed by atoms with Crippen LogP contribution >= 0.6 is 0 Å². The molecule has 1 N–H and O–H groups in total. The Kier molecular flexibility index (Phi) is 5.90. The van der Waals surface area contributed by atoms with Crippen LogP contribution in [0.5, 0.6) is 0 Å². The molecular weight excluding hydrogens is 364 g/mol. The van der Waals surface area contributed by atoms with E-state index in [9.17, 15) is 4.79 Å². The van der Waals surface area contributed by atoms with Crippen LogP contribution in [0.25, 0.3) is 0 Å². The van der Waals surface area contributed by atoms with Gasteiger partial charge in [-0.2, -0.15) is 0 Å². The maximum Gasteiger partial charge on any atom is 0.321 e. The number of anilines is 3. The molecule has 2 heterocycles. The monoisotopic (exact) mass is 394 g/mol. The minimum atomic E-state index is -0.0141. The van der Waals surface area contributed by atoms with E-state index in [4.69, 9.17) is 4.74 Å². The molecule has 29 heavy (non-hydrogen) atoms. The average Bonchev–Trinajstić information content (AvgIpc) is 2.77. The van der Waals surface area contributed by atoms with Crippen molar-refractivity contribution in [1.29, 1.82) is 0 Å². The van der Waals surface area contributed by atoms with E-state index in [-0.39, 0.29) is 6.03 Å². The number of amides is 2. The molecule has 0 atom stereocenters. The number of piperazine rings is 1. The highest BCUT2D eigenvalue weighted by molar-refractivity contribution is 5.90. The van der Waals surface area contributed by atoms with Gasteiger partial charge in [-0.3, -0.25) is 0 Å². The summed E-state index contributed by atoms with van der Waals surface area (Å²) < 4.78 is 5.51. The number of urea groups is 1. The number of nitrogens with one attached hydrogen (secondary N) is 1. The smallest absolute Gasteiger partial charge is 0.321 e. The third-order valence-electron chi connectivity index (χ3n) is 5.99. The predicted molar refractivity (Wildman–Crippen MR) is 118 cm³/mol. The zero-order valence-corrected chi connectivity index (χ0v) is 17.4. The maximum atomic E-state index is 12.8. The number of para-hydroxylation sites is 2. The first-order valence-corrected chi connectivity index (χ1v) is 10.4. The van der Waals surface area contributed by atoms with E-state index in [0.717, 1.165) is 50.6 Å². The van der Waals surface area contributed by atoms with E-state index in [0.29, 0.717) is 13.1 Å². The van der Waals surface area contributed by atoms with Crippen LogP contribution in [0, 0.1) is 13.8 Å². The number of ether oxygens (including phenoxy) is 1. The van der Waals surface area contributed by atoms with Crippen molar-refractivity contribution < 1.29 is 9.53 Å². The summed E-state index contributed by atoms with van der Waals surface area (Å²) >= 11 is 0. The number of morpholine rings is 1. The first-order valence-electron chi connectivity index (χ1n) is 10.4. The zero-order chi connectivity index (χ0) is 20.2. The first-order chi connectivity index (χ1) is 14.1. The van der Waals surface area contributed by atoms with Gasteiger partial charge in [-0.05, 0) is 43.2 Å². The SMILES string of the molecule is Cc1cccc(NC(=O)N2CCN(c3ccccc3N3CCOCC3)CC2)c1C. The third kappa shape index (κ3) is 4.32. The Labute approximate surface area is 173 Å². The number of rotatable bonds is 3. The second-order valence-electron chi connectivity index (χ2n) is 7.74. The Morgan fingerprint density at radius 1 is 0.828 bits per heavy atom. The van der Waals surface area contributed by atoms with Gasteiger partial charge in [-0.25, -0.2) is 4.79 Å². The van der Waals surface area contributed by atoms with Gasteiger partial charge in [-0.1, -0.05) is 24.3 Å². The molecule has 0 bridgehead atoms. The zero-order valence-electron chi connectivity index (χ0n) is 17.4. The summed E-state index contributed by atoms with van der Waals surface area (Å²) in [5.41, 5.74) is 5.73. The van der Waals surface area contributed by atoms with Gasteiger partial charge in [0.1, 0.15) is 0 Å². The van der Waals surface area contributed by atoms with E-state index in [2.05, 4.69) is 52.4 Å². The minimum Gasteiger partial charge on any atom is -0.378 e.